The molecule has 0 aromatic heterocycles. The Balaban J connectivity index is 1.50. The molecule has 1 saturated heterocycles. The number of hydrogen-bond donors (Lipinski definition) is 1. The van der Waals surface area contributed by atoms with E-state index in [1.807, 2.05) is 78.7 Å². The molecular formula is C37H32N2O5. The molecule has 7 rings (SSSR count). The van der Waals surface area contributed by atoms with E-state index in [2.05, 4.69) is 5.32 Å². The number of para-hydroxylation sites is 2. The lowest BCUT2D eigenvalue weighted by Crippen LogP contribution is -2.49. The van der Waals surface area contributed by atoms with Crippen LogP contribution < -0.4 is 14.8 Å². The number of amides is 1. The SMILES string of the molecule is CCCOc1ccccc1C(=O)[C@@H]1[C@@H](C(=O)c2ccc(OC)cc2)[C@]2(C(=O)Nc3ccccc32)[C@H]2c3ccccc3C=CN12. The molecule has 1 spiro atoms. The van der Waals surface area contributed by atoms with Crippen LogP contribution in [0.15, 0.2) is 103 Å². The molecule has 1 N–H and O–H groups in total. The molecule has 0 aliphatic carbocycles. The van der Waals surface area contributed by atoms with Gasteiger partial charge in [-0.15, -0.1) is 0 Å². The summed E-state index contributed by atoms with van der Waals surface area (Å²) in [5.41, 5.74) is 2.58. The summed E-state index contributed by atoms with van der Waals surface area (Å²) in [6.07, 6.45) is 4.61. The highest BCUT2D eigenvalue weighted by atomic mass is 16.5. The highest BCUT2D eigenvalue weighted by molar-refractivity contribution is 6.17. The normalized spacial score (nSPS) is 22.6. The molecule has 3 aliphatic rings. The highest BCUT2D eigenvalue weighted by Crippen LogP contribution is 2.62. The third-order valence-corrected chi connectivity index (χ3v) is 9.11. The lowest BCUT2D eigenvalue weighted by molar-refractivity contribution is -0.122. The lowest BCUT2D eigenvalue weighted by Gasteiger charge is -2.38. The van der Waals surface area contributed by atoms with Crippen molar-refractivity contribution in [1.82, 2.24) is 4.90 Å². The second-order valence-electron chi connectivity index (χ2n) is 11.4. The summed E-state index contributed by atoms with van der Waals surface area (Å²) >= 11 is 0. The Kier molecular flexibility index (Phi) is 6.81. The van der Waals surface area contributed by atoms with Crippen molar-refractivity contribution in [2.75, 3.05) is 19.0 Å². The second-order valence-corrected chi connectivity index (χ2v) is 11.4. The van der Waals surface area contributed by atoms with Gasteiger partial charge in [0.2, 0.25) is 5.91 Å². The van der Waals surface area contributed by atoms with Crippen LogP contribution in [-0.4, -0.2) is 42.1 Å². The molecular weight excluding hydrogens is 552 g/mol. The van der Waals surface area contributed by atoms with Gasteiger partial charge in [0, 0.05) is 17.5 Å². The maximum atomic E-state index is 15.0. The van der Waals surface area contributed by atoms with E-state index in [0.29, 0.717) is 40.5 Å². The molecule has 4 atom stereocenters. The van der Waals surface area contributed by atoms with Crippen molar-refractivity contribution >= 4 is 29.2 Å². The van der Waals surface area contributed by atoms with E-state index in [9.17, 15) is 14.4 Å². The van der Waals surface area contributed by atoms with Gasteiger partial charge in [-0.05, 0) is 71.7 Å². The van der Waals surface area contributed by atoms with Crippen molar-refractivity contribution in [3.8, 4) is 11.5 Å². The summed E-state index contributed by atoms with van der Waals surface area (Å²) in [6.45, 7) is 2.45. The quantitative estimate of drug-likeness (QED) is 0.239. The van der Waals surface area contributed by atoms with Gasteiger partial charge in [-0.2, -0.15) is 0 Å². The fraction of sp³-hybridized carbons (Fsp3) is 0.216. The number of carbonyl (C=O) groups excluding carboxylic acids is 3. The number of ketones is 2. The van der Waals surface area contributed by atoms with Gasteiger partial charge in [0.15, 0.2) is 11.6 Å². The Bertz CT molecular complexity index is 1810. The predicted octanol–water partition coefficient (Wildman–Crippen LogP) is 6.47. The van der Waals surface area contributed by atoms with Crippen LogP contribution in [0.25, 0.3) is 6.08 Å². The highest BCUT2D eigenvalue weighted by Gasteiger charge is 2.70. The zero-order valence-electron chi connectivity index (χ0n) is 24.5. The summed E-state index contributed by atoms with van der Waals surface area (Å²) in [5.74, 6) is -0.846. The van der Waals surface area contributed by atoms with Crippen LogP contribution in [0.2, 0.25) is 0 Å². The standard InChI is InChI=1S/C37H32N2O5/c1-3-22-44-30-15-9-6-12-27(30)34(41)32-31(33(40)24-16-18-25(43-2)19-17-24)37(28-13-7-8-14-29(28)38-36(37)42)35-26-11-5-4-10-23(26)20-21-39(32)35/h4-21,31-32,35H,3,22H2,1-2H3,(H,38,42)/t31-,32-,35+,37-/m0/s1. The van der Waals surface area contributed by atoms with Crippen molar-refractivity contribution in [1.29, 1.82) is 0 Å². The minimum absolute atomic E-state index is 0.272. The number of hydrogen-bond acceptors (Lipinski definition) is 6. The van der Waals surface area contributed by atoms with Gasteiger partial charge in [-0.3, -0.25) is 14.4 Å². The van der Waals surface area contributed by atoms with Gasteiger partial charge in [-0.1, -0.05) is 61.5 Å². The van der Waals surface area contributed by atoms with Gasteiger partial charge >= 0.3 is 0 Å². The molecule has 3 aliphatic heterocycles. The van der Waals surface area contributed by atoms with Gasteiger partial charge < -0.3 is 19.7 Å². The number of rotatable bonds is 8. The molecule has 0 bridgehead atoms. The fourth-order valence-corrected chi connectivity index (χ4v) is 7.27. The van der Waals surface area contributed by atoms with E-state index >= 15 is 0 Å². The fourth-order valence-electron chi connectivity index (χ4n) is 7.27. The minimum atomic E-state index is -1.39. The Labute approximate surface area is 256 Å². The molecule has 4 aromatic rings. The van der Waals surface area contributed by atoms with E-state index in [1.54, 1.807) is 49.6 Å². The van der Waals surface area contributed by atoms with Crippen molar-refractivity contribution in [2.45, 2.75) is 30.8 Å². The zero-order chi connectivity index (χ0) is 30.4. The number of anilines is 1. The third kappa shape index (κ3) is 3.99. The first kappa shape index (κ1) is 27.7. The minimum Gasteiger partial charge on any atom is -0.497 e. The largest absolute Gasteiger partial charge is 0.497 e. The monoisotopic (exact) mass is 584 g/mol. The molecule has 1 amide bonds. The van der Waals surface area contributed by atoms with Crippen LogP contribution in [0, 0.1) is 5.92 Å². The molecule has 0 radical (unpaired) electrons. The summed E-state index contributed by atoms with van der Waals surface area (Å²) in [4.78, 5) is 46.5. The number of benzene rings is 4. The molecule has 220 valence electrons. The molecule has 7 heteroatoms. The van der Waals surface area contributed by atoms with Crippen LogP contribution in [0.5, 0.6) is 11.5 Å². The number of carbonyl (C=O) groups is 3. The van der Waals surface area contributed by atoms with E-state index in [-0.39, 0.29) is 17.5 Å². The number of ether oxygens (including phenoxy) is 2. The van der Waals surface area contributed by atoms with E-state index in [0.717, 1.165) is 17.5 Å². The second kappa shape index (κ2) is 10.8. The molecule has 44 heavy (non-hydrogen) atoms. The van der Waals surface area contributed by atoms with E-state index in [1.165, 1.54) is 0 Å². The van der Waals surface area contributed by atoms with Crippen LogP contribution in [0.4, 0.5) is 5.69 Å². The first-order valence-electron chi connectivity index (χ1n) is 14.9. The maximum absolute atomic E-state index is 15.0. The van der Waals surface area contributed by atoms with Gasteiger partial charge in [0.05, 0.1) is 31.2 Å². The Morgan fingerprint density at radius 3 is 2.41 bits per heavy atom. The Hall–Kier alpha value is -5.17. The van der Waals surface area contributed by atoms with Crippen molar-refractivity contribution in [3.05, 3.63) is 131 Å². The summed E-state index contributed by atoms with van der Waals surface area (Å²) < 4.78 is 11.4. The predicted molar refractivity (Wildman–Crippen MR) is 168 cm³/mol. The molecule has 3 heterocycles. The number of nitrogens with one attached hydrogen (secondary N) is 1. The summed E-state index contributed by atoms with van der Waals surface area (Å²) in [5, 5.41) is 3.09. The van der Waals surface area contributed by atoms with Gasteiger partial charge in [0.25, 0.3) is 0 Å². The first-order chi connectivity index (χ1) is 21.5. The topological polar surface area (TPSA) is 84.9 Å². The number of nitrogens with zero attached hydrogens (tertiary/aromatic N) is 1. The summed E-state index contributed by atoms with van der Waals surface area (Å²) in [6, 6.07) is 27.8. The van der Waals surface area contributed by atoms with Gasteiger partial charge in [-0.25, -0.2) is 0 Å². The van der Waals surface area contributed by atoms with Crippen molar-refractivity contribution in [2.24, 2.45) is 5.92 Å². The van der Waals surface area contributed by atoms with Crippen LogP contribution >= 0.6 is 0 Å². The average Bonchev–Trinajstić information content (AvgIpc) is 3.55. The molecule has 0 saturated carbocycles. The lowest BCUT2D eigenvalue weighted by atomic mass is 9.62. The third-order valence-electron chi connectivity index (χ3n) is 9.11. The summed E-state index contributed by atoms with van der Waals surface area (Å²) in [7, 11) is 1.57. The van der Waals surface area contributed by atoms with Crippen LogP contribution in [0.3, 0.4) is 0 Å². The molecule has 1 fully saturated rings. The van der Waals surface area contributed by atoms with Crippen molar-refractivity contribution < 1.29 is 23.9 Å². The zero-order valence-corrected chi connectivity index (χ0v) is 24.5. The number of methoxy groups -OCH3 is 1. The molecule has 7 nitrogen and oxygen atoms in total. The molecule has 4 aromatic carbocycles. The Morgan fingerprint density at radius 2 is 1.61 bits per heavy atom. The smallest absolute Gasteiger partial charge is 0.238 e. The first-order valence-corrected chi connectivity index (χ1v) is 14.9. The van der Waals surface area contributed by atoms with Gasteiger partial charge in [0.1, 0.15) is 23.0 Å². The van der Waals surface area contributed by atoms with Crippen LogP contribution in [-0.2, 0) is 10.2 Å². The Morgan fingerprint density at radius 1 is 0.886 bits per heavy atom. The number of Topliss-reactive ketones (excluding diaryl/α,β-unsaturated/α-hetero) is 2. The van der Waals surface area contributed by atoms with Crippen LogP contribution in [0.1, 0.15) is 56.8 Å². The molecule has 0 unspecified atom stereocenters. The maximum Gasteiger partial charge on any atom is 0.238 e. The van der Waals surface area contributed by atoms with E-state index < -0.39 is 23.4 Å². The van der Waals surface area contributed by atoms with Crippen molar-refractivity contribution in [3.63, 3.8) is 0 Å². The van der Waals surface area contributed by atoms with E-state index in [4.69, 9.17) is 9.47 Å². The number of fused-ring (bicyclic) bond motifs is 6. The average molecular weight is 585 g/mol.